The molecule has 2 rings (SSSR count). The summed E-state index contributed by atoms with van der Waals surface area (Å²) in [6.45, 7) is -0.648. The maximum Gasteiger partial charge on any atom is 0.435 e. The summed E-state index contributed by atoms with van der Waals surface area (Å²) in [4.78, 5) is 11.9. The molecule has 0 spiro atoms. The van der Waals surface area contributed by atoms with E-state index in [0.29, 0.717) is 16.8 Å². The lowest BCUT2D eigenvalue weighted by atomic mass is 10.1. The molecule has 144 valence electrons. The molecule has 0 unspecified atom stereocenters. The molecule has 27 heavy (non-hydrogen) atoms. The van der Waals surface area contributed by atoms with Gasteiger partial charge in [0, 0.05) is 11.9 Å². The van der Waals surface area contributed by atoms with Gasteiger partial charge in [-0.2, -0.15) is 36.7 Å². The molecule has 6 nitrogen and oxygen atoms in total. The summed E-state index contributed by atoms with van der Waals surface area (Å²) in [6, 6.07) is 4.38. The van der Waals surface area contributed by atoms with E-state index in [1.54, 1.807) is 0 Å². The van der Waals surface area contributed by atoms with Crippen LogP contribution in [0.1, 0.15) is 16.8 Å². The zero-order valence-corrected chi connectivity index (χ0v) is 13.1. The van der Waals surface area contributed by atoms with Crippen LogP contribution < -0.4 is 5.32 Å². The molecule has 0 saturated carbocycles. The molecule has 1 aromatic carbocycles. The van der Waals surface area contributed by atoms with E-state index in [1.165, 1.54) is 6.07 Å². The van der Waals surface area contributed by atoms with Crippen LogP contribution in [0.5, 0.6) is 0 Å². The fourth-order valence-electron chi connectivity index (χ4n) is 2.05. The summed E-state index contributed by atoms with van der Waals surface area (Å²) in [7, 11) is 0. The number of aromatic nitrogens is 2. The number of aliphatic hydroxyl groups excluding tert-OH is 1. The number of rotatable bonds is 4. The van der Waals surface area contributed by atoms with Crippen LogP contribution in [0.2, 0.25) is 0 Å². The largest absolute Gasteiger partial charge is 0.435 e. The van der Waals surface area contributed by atoms with Crippen molar-refractivity contribution in [2.45, 2.75) is 25.0 Å². The number of halogens is 6. The number of hydrogen-bond donors (Lipinski definition) is 2. The second-order valence-electron chi connectivity index (χ2n) is 5.30. The van der Waals surface area contributed by atoms with Crippen molar-refractivity contribution in [2.75, 3.05) is 5.32 Å². The van der Waals surface area contributed by atoms with Gasteiger partial charge in [-0.3, -0.25) is 9.48 Å². The number of benzene rings is 1. The predicted molar refractivity (Wildman–Crippen MR) is 78.0 cm³/mol. The van der Waals surface area contributed by atoms with Gasteiger partial charge in [0.2, 0.25) is 0 Å². The Balaban J connectivity index is 2.11. The quantitative estimate of drug-likeness (QED) is 0.783. The number of aliphatic hydroxyl groups is 1. The van der Waals surface area contributed by atoms with E-state index in [2.05, 4.69) is 5.10 Å². The molecule has 0 aliphatic heterocycles. The van der Waals surface area contributed by atoms with Gasteiger partial charge in [0.1, 0.15) is 0 Å². The maximum absolute atomic E-state index is 12.9. The first-order valence-corrected chi connectivity index (χ1v) is 7.12. The average Bonchev–Trinajstić information content (AvgIpc) is 3.02. The first-order valence-electron chi connectivity index (χ1n) is 7.12. The minimum Gasteiger partial charge on any atom is -0.381 e. The molecular formula is C15H10F6N4O2. The number of anilines is 1. The first-order chi connectivity index (χ1) is 12.4. The zero-order chi connectivity index (χ0) is 20.4. The summed E-state index contributed by atoms with van der Waals surface area (Å²) in [6.07, 6.45) is -10.5. The Morgan fingerprint density at radius 3 is 2.41 bits per heavy atom. The highest BCUT2D eigenvalue weighted by atomic mass is 19.4. The molecule has 0 bridgehead atoms. The second kappa shape index (κ2) is 7.28. The van der Waals surface area contributed by atoms with Crippen LogP contribution in [0.25, 0.3) is 0 Å². The Bertz CT molecular complexity index is 882. The molecule has 0 fully saturated rings. The number of nitrogens with zero attached hydrogens (tertiary/aromatic N) is 3. The van der Waals surface area contributed by atoms with Gasteiger partial charge < -0.3 is 10.4 Å². The third-order valence-electron chi connectivity index (χ3n) is 3.31. The third-order valence-corrected chi connectivity index (χ3v) is 3.31. The first kappa shape index (κ1) is 20.2. The van der Waals surface area contributed by atoms with E-state index in [-0.39, 0.29) is 5.69 Å². The highest BCUT2D eigenvalue weighted by molar-refractivity contribution is 5.94. The molecule has 0 radical (unpaired) electrons. The normalized spacial score (nSPS) is 13.1. The van der Waals surface area contributed by atoms with Gasteiger partial charge in [-0.1, -0.05) is 0 Å². The van der Waals surface area contributed by atoms with Crippen molar-refractivity contribution in [3.05, 3.63) is 47.3 Å². The molecule has 1 atom stereocenters. The van der Waals surface area contributed by atoms with Gasteiger partial charge in [0.25, 0.3) is 5.91 Å². The SMILES string of the molecule is N#Cc1ccc(NC(=O)[C@@H](O)Cn2ccc(C(F)(F)F)n2)cc1C(F)(F)F. The van der Waals surface area contributed by atoms with E-state index in [4.69, 9.17) is 5.26 Å². The van der Waals surface area contributed by atoms with E-state index < -0.39 is 47.7 Å². The maximum atomic E-state index is 12.9. The highest BCUT2D eigenvalue weighted by Crippen LogP contribution is 2.33. The lowest BCUT2D eigenvalue weighted by molar-refractivity contribution is -0.141. The Morgan fingerprint density at radius 2 is 1.89 bits per heavy atom. The van der Waals surface area contributed by atoms with Gasteiger partial charge >= 0.3 is 12.4 Å². The van der Waals surface area contributed by atoms with Crippen molar-refractivity contribution >= 4 is 11.6 Å². The molecule has 12 heteroatoms. The Hall–Kier alpha value is -3.07. The van der Waals surface area contributed by atoms with E-state index in [0.717, 1.165) is 18.3 Å². The summed E-state index contributed by atoms with van der Waals surface area (Å²) in [5.74, 6) is -1.16. The molecular weight excluding hydrogens is 382 g/mol. The van der Waals surface area contributed by atoms with Crippen LogP contribution in [0.15, 0.2) is 30.5 Å². The number of nitriles is 1. The number of carbonyl (C=O) groups excluding carboxylic acids is 1. The van der Waals surface area contributed by atoms with Crippen LogP contribution >= 0.6 is 0 Å². The Labute approximate surface area is 147 Å². The van der Waals surface area contributed by atoms with Crippen molar-refractivity contribution in [1.82, 2.24) is 9.78 Å². The molecule has 2 N–H and O–H groups in total. The van der Waals surface area contributed by atoms with Crippen molar-refractivity contribution < 1.29 is 36.2 Å². The van der Waals surface area contributed by atoms with Gasteiger partial charge in [-0.15, -0.1) is 0 Å². The Kier molecular flexibility index (Phi) is 5.46. The van der Waals surface area contributed by atoms with Crippen molar-refractivity contribution in [3.63, 3.8) is 0 Å². The van der Waals surface area contributed by atoms with Crippen molar-refractivity contribution in [3.8, 4) is 6.07 Å². The average molecular weight is 392 g/mol. The van der Waals surface area contributed by atoms with Gasteiger partial charge in [0.15, 0.2) is 11.8 Å². The summed E-state index contributed by atoms with van der Waals surface area (Å²) in [5.41, 5.74) is -3.50. The monoisotopic (exact) mass is 392 g/mol. The van der Waals surface area contributed by atoms with Gasteiger partial charge in [-0.25, -0.2) is 0 Å². The summed E-state index contributed by atoms with van der Waals surface area (Å²) >= 11 is 0. The molecule has 1 aromatic heterocycles. The van der Waals surface area contributed by atoms with Gasteiger partial charge in [0.05, 0.1) is 23.7 Å². The molecule has 0 saturated heterocycles. The van der Waals surface area contributed by atoms with Gasteiger partial charge in [-0.05, 0) is 24.3 Å². The van der Waals surface area contributed by atoms with E-state index in [1.807, 2.05) is 5.32 Å². The fourth-order valence-corrected chi connectivity index (χ4v) is 2.05. The van der Waals surface area contributed by atoms with Crippen LogP contribution in [0, 0.1) is 11.3 Å². The highest BCUT2D eigenvalue weighted by Gasteiger charge is 2.35. The van der Waals surface area contributed by atoms with Crippen LogP contribution in [0.3, 0.4) is 0 Å². The fraction of sp³-hybridized carbons (Fsp3) is 0.267. The van der Waals surface area contributed by atoms with Crippen LogP contribution in [0.4, 0.5) is 32.0 Å². The predicted octanol–water partition coefficient (Wildman–Crippen LogP) is 2.79. The molecule has 0 aliphatic rings. The third kappa shape index (κ3) is 4.98. The number of amides is 1. The molecule has 2 aromatic rings. The number of hydrogen-bond acceptors (Lipinski definition) is 4. The minimum atomic E-state index is -4.84. The summed E-state index contributed by atoms with van der Waals surface area (Å²) in [5, 5.41) is 23.6. The van der Waals surface area contributed by atoms with Crippen molar-refractivity contribution in [1.29, 1.82) is 5.26 Å². The molecule has 1 amide bonds. The van der Waals surface area contributed by atoms with Crippen LogP contribution in [-0.4, -0.2) is 26.9 Å². The van der Waals surface area contributed by atoms with E-state index >= 15 is 0 Å². The topological polar surface area (TPSA) is 90.9 Å². The zero-order valence-electron chi connectivity index (χ0n) is 13.1. The van der Waals surface area contributed by atoms with Crippen LogP contribution in [-0.2, 0) is 23.7 Å². The lowest BCUT2D eigenvalue weighted by Crippen LogP contribution is -2.32. The van der Waals surface area contributed by atoms with Crippen molar-refractivity contribution in [2.24, 2.45) is 0 Å². The number of nitrogens with one attached hydrogen (secondary N) is 1. The smallest absolute Gasteiger partial charge is 0.381 e. The minimum absolute atomic E-state index is 0.346. The molecule has 1 heterocycles. The number of alkyl halides is 6. The standard InChI is InChI=1S/C15H10F6N4O2/c16-14(17,18)10-5-9(2-1-8(10)6-22)23-13(27)11(26)7-25-4-3-12(24-25)15(19,20)21/h1-5,11,26H,7H2,(H,23,27)/t11-/m0/s1. The van der Waals surface area contributed by atoms with E-state index in [9.17, 15) is 36.2 Å². The number of carbonyl (C=O) groups is 1. The second-order valence-corrected chi connectivity index (χ2v) is 5.30. The summed E-state index contributed by atoms with van der Waals surface area (Å²) < 4.78 is 76.7. The lowest BCUT2D eigenvalue weighted by Gasteiger charge is -2.14. The molecule has 0 aliphatic carbocycles. The Morgan fingerprint density at radius 1 is 1.22 bits per heavy atom.